The van der Waals surface area contributed by atoms with Gasteiger partial charge in [0.25, 0.3) is 0 Å². The standard InChI is InChI=1S/C15H12F3NO/c1-11(20)19(13-5-3-2-4-6-13)14-9-7-12(8-10-14)15(16,17)18/h2-10H,1H3. The van der Waals surface area contributed by atoms with E-state index in [1.54, 1.807) is 30.3 Å². The van der Waals surface area contributed by atoms with Gasteiger partial charge in [-0.05, 0) is 36.4 Å². The molecule has 0 fully saturated rings. The summed E-state index contributed by atoms with van der Waals surface area (Å²) < 4.78 is 37.6. The number of halogens is 3. The predicted octanol–water partition coefficient (Wildman–Crippen LogP) is 4.39. The lowest BCUT2D eigenvalue weighted by Crippen LogP contribution is -2.22. The number of alkyl halides is 3. The fourth-order valence-corrected chi connectivity index (χ4v) is 1.89. The highest BCUT2D eigenvalue weighted by Crippen LogP contribution is 2.32. The van der Waals surface area contributed by atoms with Crippen LogP contribution < -0.4 is 4.90 Å². The van der Waals surface area contributed by atoms with E-state index < -0.39 is 11.7 Å². The Kier molecular flexibility index (Phi) is 3.79. The van der Waals surface area contributed by atoms with E-state index in [1.807, 2.05) is 0 Å². The van der Waals surface area contributed by atoms with Gasteiger partial charge in [-0.1, -0.05) is 18.2 Å². The van der Waals surface area contributed by atoms with Crippen molar-refractivity contribution in [3.05, 3.63) is 60.2 Å². The first-order valence-electron chi connectivity index (χ1n) is 5.92. The van der Waals surface area contributed by atoms with Gasteiger partial charge in [-0.15, -0.1) is 0 Å². The van der Waals surface area contributed by atoms with Gasteiger partial charge in [-0.25, -0.2) is 0 Å². The smallest absolute Gasteiger partial charge is 0.281 e. The Bertz CT molecular complexity index is 591. The molecule has 0 aromatic heterocycles. The van der Waals surface area contributed by atoms with Gasteiger partial charge in [0.2, 0.25) is 5.91 Å². The van der Waals surface area contributed by atoms with Crippen LogP contribution in [0.15, 0.2) is 54.6 Å². The first-order chi connectivity index (χ1) is 9.39. The van der Waals surface area contributed by atoms with Crippen molar-refractivity contribution in [2.45, 2.75) is 13.1 Å². The van der Waals surface area contributed by atoms with Crippen molar-refractivity contribution in [1.82, 2.24) is 0 Å². The second kappa shape index (κ2) is 5.36. The van der Waals surface area contributed by atoms with E-state index in [9.17, 15) is 18.0 Å². The molecule has 0 saturated carbocycles. The summed E-state index contributed by atoms with van der Waals surface area (Å²) in [5, 5.41) is 0. The zero-order chi connectivity index (χ0) is 14.8. The van der Waals surface area contributed by atoms with E-state index in [4.69, 9.17) is 0 Å². The van der Waals surface area contributed by atoms with Crippen LogP contribution in [0.2, 0.25) is 0 Å². The Morgan fingerprint density at radius 3 is 1.85 bits per heavy atom. The highest BCUT2D eigenvalue weighted by atomic mass is 19.4. The van der Waals surface area contributed by atoms with E-state index in [1.165, 1.54) is 24.0 Å². The summed E-state index contributed by atoms with van der Waals surface area (Å²) in [4.78, 5) is 13.1. The molecule has 0 atom stereocenters. The van der Waals surface area contributed by atoms with Crippen LogP contribution in [-0.2, 0) is 11.0 Å². The third-order valence-electron chi connectivity index (χ3n) is 2.78. The molecule has 2 nitrogen and oxygen atoms in total. The molecule has 1 amide bonds. The van der Waals surface area contributed by atoms with E-state index in [2.05, 4.69) is 0 Å². The number of rotatable bonds is 2. The van der Waals surface area contributed by atoms with Crippen molar-refractivity contribution >= 4 is 17.3 Å². The Morgan fingerprint density at radius 1 is 0.900 bits per heavy atom. The van der Waals surface area contributed by atoms with Gasteiger partial charge in [0.1, 0.15) is 0 Å². The number of amides is 1. The van der Waals surface area contributed by atoms with Gasteiger partial charge in [0.05, 0.1) is 5.56 Å². The van der Waals surface area contributed by atoms with E-state index in [-0.39, 0.29) is 5.91 Å². The SMILES string of the molecule is CC(=O)N(c1ccccc1)c1ccc(C(F)(F)F)cc1. The van der Waals surface area contributed by atoms with Crippen LogP contribution in [0, 0.1) is 0 Å². The Labute approximate surface area is 114 Å². The summed E-state index contributed by atoms with van der Waals surface area (Å²) in [6, 6.07) is 13.3. The molecule has 0 aliphatic rings. The van der Waals surface area contributed by atoms with Gasteiger partial charge in [0, 0.05) is 18.3 Å². The topological polar surface area (TPSA) is 20.3 Å². The molecule has 5 heteroatoms. The number of carbonyl (C=O) groups excluding carboxylic acids is 1. The fourth-order valence-electron chi connectivity index (χ4n) is 1.89. The molecule has 0 aliphatic heterocycles. The molecule has 2 aromatic rings. The molecule has 0 heterocycles. The van der Waals surface area contributed by atoms with Crippen LogP contribution in [0.4, 0.5) is 24.5 Å². The molecule has 2 rings (SSSR count). The molecule has 0 bridgehead atoms. The number of anilines is 2. The Balaban J connectivity index is 2.39. The average molecular weight is 279 g/mol. The van der Waals surface area contributed by atoms with Crippen molar-refractivity contribution in [2.24, 2.45) is 0 Å². The zero-order valence-electron chi connectivity index (χ0n) is 10.7. The second-order valence-electron chi connectivity index (χ2n) is 4.23. The summed E-state index contributed by atoms with van der Waals surface area (Å²) in [7, 11) is 0. The van der Waals surface area contributed by atoms with E-state index in [0.29, 0.717) is 11.4 Å². The minimum atomic E-state index is -4.38. The van der Waals surface area contributed by atoms with Gasteiger partial charge in [0.15, 0.2) is 0 Å². The van der Waals surface area contributed by atoms with Crippen molar-refractivity contribution < 1.29 is 18.0 Å². The van der Waals surface area contributed by atoms with Crippen molar-refractivity contribution in [1.29, 1.82) is 0 Å². The minimum Gasteiger partial charge on any atom is -0.281 e. The first-order valence-corrected chi connectivity index (χ1v) is 5.92. The number of carbonyl (C=O) groups is 1. The third kappa shape index (κ3) is 2.99. The lowest BCUT2D eigenvalue weighted by Gasteiger charge is -2.21. The quantitative estimate of drug-likeness (QED) is 0.798. The zero-order valence-corrected chi connectivity index (χ0v) is 10.7. The van der Waals surface area contributed by atoms with Crippen LogP contribution >= 0.6 is 0 Å². The number of nitrogens with zero attached hydrogens (tertiary/aromatic N) is 1. The van der Waals surface area contributed by atoms with Crippen LogP contribution in [0.5, 0.6) is 0 Å². The Morgan fingerprint density at radius 2 is 1.40 bits per heavy atom. The van der Waals surface area contributed by atoms with E-state index >= 15 is 0 Å². The highest BCUT2D eigenvalue weighted by Gasteiger charge is 2.30. The van der Waals surface area contributed by atoms with Crippen LogP contribution in [-0.4, -0.2) is 5.91 Å². The lowest BCUT2D eigenvalue weighted by atomic mass is 10.1. The highest BCUT2D eigenvalue weighted by molar-refractivity contribution is 5.98. The predicted molar refractivity (Wildman–Crippen MR) is 70.7 cm³/mol. The number of para-hydroxylation sites is 1. The van der Waals surface area contributed by atoms with E-state index in [0.717, 1.165) is 12.1 Å². The van der Waals surface area contributed by atoms with Gasteiger partial charge >= 0.3 is 6.18 Å². The largest absolute Gasteiger partial charge is 0.416 e. The van der Waals surface area contributed by atoms with Crippen LogP contribution in [0.1, 0.15) is 12.5 Å². The second-order valence-corrected chi connectivity index (χ2v) is 4.23. The molecule has 104 valence electrons. The molecule has 0 spiro atoms. The molecule has 0 aliphatic carbocycles. The summed E-state index contributed by atoms with van der Waals surface area (Å²) in [6.45, 7) is 1.37. The first kappa shape index (κ1) is 14.1. The molecule has 20 heavy (non-hydrogen) atoms. The molecular formula is C15H12F3NO. The minimum absolute atomic E-state index is 0.268. The van der Waals surface area contributed by atoms with Gasteiger partial charge in [-0.2, -0.15) is 13.2 Å². The maximum atomic E-state index is 12.5. The van der Waals surface area contributed by atoms with Crippen LogP contribution in [0.3, 0.4) is 0 Å². The molecule has 0 radical (unpaired) electrons. The molecule has 0 unspecified atom stereocenters. The monoisotopic (exact) mass is 279 g/mol. The van der Waals surface area contributed by atoms with Crippen molar-refractivity contribution in [2.75, 3.05) is 4.90 Å². The van der Waals surface area contributed by atoms with Crippen molar-refractivity contribution in [3.63, 3.8) is 0 Å². The maximum Gasteiger partial charge on any atom is 0.416 e. The molecule has 2 aromatic carbocycles. The van der Waals surface area contributed by atoms with Gasteiger partial charge in [-0.3, -0.25) is 9.69 Å². The Hall–Kier alpha value is -2.30. The summed E-state index contributed by atoms with van der Waals surface area (Å²) in [5.41, 5.74) is 0.272. The van der Waals surface area contributed by atoms with Crippen LogP contribution in [0.25, 0.3) is 0 Å². The number of hydrogen-bond donors (Lipinski definition) is 0. The normalized spacial score (nSPS) is 11.2. The summed E-state index contributed by atoms with van der Waals surface area (Å²) in [5.74, 6) is -0.268. The summed E-state index contributed by atoms with van der Waals surface area (Å²) >= 11 is 0. The van der Waals surface area contributed by atoms with Gasteiger partial charge < -0.3 is 0 Å². The fraction of sp³-hybridized carbons (Fsp3) is 0.133. The third-order valence-corrected chi connectivity index (χ3v) is 2.78. The number of hydrogen-bond acceptors (Lipinski definition) is 1. The maximum absolute atomic E-state index is 12.5. The molecular weight excluding hydrogens is 267 g/mol. The lowest BCUT2D eigenvalue weighted by molar-refractivity contribution is -0.137. The summed E-state index contributed by atoms with van der Waals surface area (Å²) in [6.07, 6.45) is -4.38. The average Bonchev–Trinajstić information content (AvgIpc) is 2.39. The van der Waals surface area contributed by atoms with Crippen molar-refractivity contribution in [3.8, 4) is 0 Å². The number of benzene rings is 2. The molecule has 0 N–H and O–H groups in total. The molecule has 0 saturated heterocycles.